The number of hydrazine groups is 1. The van der Waals surface area contributed by atoms with E-state index in [1.807, 2.05) is 24.5 Å². The summed E-state index contributed by atoms with van der Waals surface area (Å²) in [4.78, 5) is 4.00. The molecule has 0 spiro atoms. The van der Waals surface area contributed by atoms with Crippen molar-refractivity contribution in [3.63, 3.8) is 0 Å². The summed E-state index contributed by atoms with van der Waals surface area (Å²) >= 11 is 0. The quantitative estimate of drug-likeness (QED) is 0.537. The van der Waals surface area contributed by atoms with Gasteiger partial charge in [-0.25, -0.2) is 0 Å². The molecule has 0 saturated heterocycles. The maximum Gasteiger partial charge on any atom is 0.0488 e. The van der Waals surface area contributed by atoms with Crippen molar-refractivity contribution in [2.45, 2.75) is 25.8 Å². The molecule has 2 atom stereocenters. The molecule has 0 aromatic carbocycles. The van der Waals surface area contributed by atoms with Crippen molar-refractivity contribution in [3.8, 4) is 0 Å². The van der Waals surface area contributed by atoms with Crippen LogP contribution in [0.5, 0.6) is 0 Å². The molecule has 2 unspecified atom stereocenters. The molecule has 0 aliphatic rings. The van der Waals surface area contributed by atoms with Crippen molar-refractivity contribution < 1.29 is 4.74 Å². The highest BCUT2D eigenvalue weighted by Gasteiger charge is 2.12. The van der Waals surface area contributed by atoms with Crippen LogP contribution in [0.3, 0.4) is 0 Å². The maximum atomic E-state index is 5.56. The average molecular weight is 223 g/mol. The number of pyridine rings is 1. The van der Waals surface area contributed by atoms with Gasteiger partial charge in [0.2, 0.25) is 0 Å². The molecule has 0 amide bonds. The topological polar surface area (TPSA) is 60.2 Å². The molecule has 0 radical (unpaired) electrons. The van der Waals surface area contributed by atoms with E-state index in [0.29, 0.717) is 5.92 Å². The van der Waals surface area contributed by atoms with Gasteiger partial charge < -0.3 is 4.74 Å². The molecule has 16 heavy (non-hydrogen) atoms. The van der Waals surface area contributed by atoms with E-state index in [0.717, 1.165) is 19.4 Å². The number of aromatic nitrogens is 1. The van der Waals surface area contributed by atoms with Gasteiger partial charge in [0.1, 0.15) is 0 Å². The minimum Gasteiger partial charge on any atom is -0.384 e. The Labute approximate surface area is 97.2 Å². The van der Waals surface area contributed by atoms with Gasteiger partial charge in [0, 0.05) is 32.2 Å². The highest BCUT2D eigenvalue weighted by molar-refractivity contribution is 5.11. The highest BCUT2D eigenvalue weighted by atomic mass is 16.5. The number of nitrogens with one attached hydrogen (secondary N) is 1. The largest absolute Gasteiger partial charge is 0.384 e. The predicted molar refractivity (Wildman–Crippen MR) is 64.7 cm³/mol. The van der Waals surface area contributed by atoms with Crippen molar-refractivity contribution in [1.82, 2.24) is 10.4 Å². The minimum atomic E-state index is 0.285. The third-order valence-electron chi connectivity index (χ3n) is 2.61. The molecule has 0 aliphatic carbocycles. The number of hydrogen-bond acceptors (Lipinski definition) is 4. The fraction of sp³-hybridized carbons (Fsp3) is 0.583. The molecule has 1 heterocycles. The van der Waals surface area contributed by atoms with E-state index < -0.39 is 0 Å². The van der Waals surface area contributed by atoms with Crippen molar-refractivity contribution in [3.05, 3.63) is 30.1 Å². The van der Waals surface area contributed by atoms with Crippen LogP contribution in [0.15, 0.2) is 24.5 Å². The molecule has 90 valence electrons. The smallest absolute Gasteiger partial charge is 0.0488 e. The molecule has 0 bridgehead atoms. The van der Waals surface area contributed by atoms with Crippen LogP contribution in [0.2, 0.25) is 0 Å². The highest BCUT2D eigenvalue weighted by Crippen LogP contribution is 2.10. The molecule has 0 aliphatic heterocycles. The standard InChI is InChI=1S/C12H21N3O/c1-10(9-16-2)7-12(15-13)8-11-3-5-14-6-4-11/h3-6,10,12,15H,7-9,13H2,1-2H3. The van der Waals surface area contributed by atoms with E-state index in [-0.39, 0.29) is 6.04 Å². The van der Waals surface area contributed by atoms with Crippen LogP contribution < -0.4 is 11.3 Å². The van der Waals surface area contributed by atoms with Crippen LogP contribution >= 0.6 is 0 Å². The zero-order valence-electron chi connectivity index (χ0n) is 10.0. The second-order valence-electron chi connectivity index (χ2n) is 4.22. The molecule has 0 fully saturated rings. The van der Waals surface area contributed by atoms with Crippen LogP contribution in [-0.4, -0.2) is 24.7 Å². The molecule has 4 nitrogen and oxygen atoms in total. The SMILES string of the molecule is COCC(C)CC(Cc1ccncc1)NN. The van der Waals surface area contributed by atoms with Gasteiger partial charge in [0.05, 0.1) is 0 Å². The summed E-state index contributed by atoms with van der Waals surface area (Å²) in [5.41, 5.74) is 4.12. The predicted octanol–water partition coefficient (Wildman–Crippen LogP) is 1.13. The lowest BCUT2D eigenvalue weighted by Gasteiger charge is -2.19. The third kappa shape index (κ3) is 4.70. The van der Waals surface area contributed by atoms with Gasteiger partial charge in [-0.1, -0.05) is 6.92 Å². The van der Waals surface area contributed by atoms with Gasteiger partial charge in [-0.3, -0.25) is 16.3 Å². The van der Waals surface area contributed by atoms with Crippen LogP contribution in [-0.2, 0) is 11.2 Å². The zero-order valence-corrected chi connectivity index (χ0v) is 10.0. The normalized spacial score (nSPS) is 14.7. The van der Waals surface area contributed by atoms with E-state index in [1.54, 1.807) is 7.11 Å². The Kier molecular flexibility index (Phi) is 6.00. The van der Waals surface area contributed by atoms with Crippen LogP contribution in [0.1, 0.15) is 18.9 Å². The van der Waals surface area contributed by atoms with Crippen molar-refractivity contribution in [1.29, 1.82) is 0 Å². The van der Waals surface area contributed by atoms with E-state index in [2.05, 4.69) is 17.3 Å². The molecule has 1 aromatic heterocycles. The Bertz CT molecular complexity index is 279. The average Bonchev–Trinajstić information content (AvgIpc) is 2.30. The maximum absolute atomic E-state index is 5.56. The van der Waals surface area contributed by atoms with E-state index in [4.69, 9.17) is 10.6 Å². The molecule has 1 rings (SSSR count). The third-order valence-corrected chi connectivity index (χ3v) is 2.61. The Balaban J connectivity index is 2.43. The zero-order chi connectivity index (χ0) is 11.8. The first-order valence-corrected chi connectivity index (χ1v) is 5.60. The fourth-order valence-corrected chi connectivity index (χ4v) is 1.85. The lowest BCUT2D eigenvalue weighted by molar-refractivity contribution is 0.149. The number of nitrogens with zero attached hydrogens (tertiary/aromatic N) is 1. The second kappa shape index (κ2) is 7.33. The second-order valence-corrected chi connectivity index (χ2v) is 4.22. The Morgan fingerprint density at radius 2 is 2.12 bits per heavy atom. The molecule has 0 saturated carbocycles. The molecule has 4 heteroatoms. The van der Waals surface area contributed by atoms with Gasteiger partial charge in [-0.2, -0.15) is 0 Å². The summed E-state index contributed by atoms with van der Waals surface area (Å²) in [6, 6.07) is 4.32. The molecule has 3 N–H and O–H groups in total. The lowest BCUT2D eigenvalue weighted by Crippen LogP contribution is -2.38. The summed E-state index contributed by atoms with van der Waals surface area (Å²) in [7, 11) is 1.73. The number of rotatable bonds is 7. The van der Waals surface area contributed by atoms with Crippen LogP contribution in [0.25, 0.3) is 0 Å². The van der Waals surface area contributed by atoms with Crippen molar-refractivity contribution in [2.75, 3.05) is 13.7 Å². The van der Waals surface area contributed by atoms with Crippen molar-refractivity contribution in [2.24, 2.45) is 11.8 Å². The van der Waals surface area contributed by atoms with Crippen LogP contribution in [0, 0.1) is 5.92 Å². The van der Waals surface area contributed by atoms with Gasteiger partial charge in [-0.15, -0.1) is 0 Å². The molecular weight excluding hydrogens is 202 g/mol. The Morgan fingerprint density at radius 3 is 2.69 bits per heavy atom. The fourth-order valence-electron chi connectivity index (χ4n) is 1.85. The number of hydrogen-bond donors (Lipinski definition) is 2. The number of ether oxygens (including phenoxy) is 1. The van der Waals surface area contributed by atoms with Gasteiger partial charge in [0.25, 0.3) is 0 Å². The summed E-state index contributed by atoms with van der Waals surface area (Å²) < 4.78 is 5.12. The Morgan fingerprint density at radius 1 is 1.44 bits per heavy atom. The van der Waals surface area contributed by atoms with E-state index >= 15 is 0 Å². The van der Waals surface area contributed by atoms with Gasteiger partial charge in [0.15, 0.2) is 0 Å². The van der Waals surface area contributed by atoms with E-state index in [1.165, 1.54) is 5.56 Å². The number of methoxy groups -OCH3 is 1. The first-order valence-electron chi connectivity index (χ1n) is 5.60. The Hall–Kier alpha value is -0.970. The monoisotopic (exact) mass is 223 g/mol. The summed E-state index contributed by atoms with van der Waals surface area (Å²) in [5, 5.41) is 0. The van der Waals surface area contributed by atoms with Gasteiger partial charge >= 0.3 is 0 Å². The molecular formula is C12H21N3O. The summed E-state index contributed by atoms with van der Waals surface area (Å²) in [5.74, 6) is 6.07. The lowest BCUT2D eigenvalue weighted by atomic mass is 9.97. The van der Waals surface area contributed by atoms with Crippen molar-refractivity contribution >= 4 is 0 Å². The van der Waals surface area contributed by atoms with Crippen LogP contribution in [0.4, 0.5) is 0 Å². The summed E-state index contributed by atoms with van der Waals surface area (Å²) in [6.07, 6.45) is 5.54. The van der Waals surface area contributed by atoms with E-state index in [9.17, 15) is 0 Å². The first-order chi connectivity index (χ1) is 7.76. The first kappa shape index (κ1) is 13.1. The minimum absolute atomic E-state index is 0.285. The van der Waals surface area contributed by atoms with Gasteiger partial charge in [-0.05, 0) is 36.5 Å². The summed E-state index contributed by atoms with van der Waals surface area (Å²) in [6.45, 7) is 2.94. The number of nitrogens with two attached hydrogens (primary N) is 1. The molecule has 1 aromatic rings.